The molecule has 1 N–H and O–H groups in total. The monoisotopic (exact) mass is 240 g/mol. The van der Waals surface area contributed by atoms with Gasteiger partial charge in [-0.1, -0.05) is 6.92 Å². The van der Waals surface area contributed by atoms with E-state index < -0.39 is 11.9 Å². The molecular weight excluding hydrogens is 223 g/mol. The van der Waals surface area contributed by atoms with Gasteiger partial charge in [0, 0.05) is 11.6 Å². The van der Waals surface area contributed by atoms with Crippen molar-refractivity contribution in [1.29, 1.82) is 0 Å². The first-order valence-corrected chi connectivity index (χ1v) is 5.68. The number of rotatable bonds is 4. The van der Waals surface area contributed by atoms with Gasteiger partial charge in [-0.05, 0) is 24.3 Å². The molecule has 0 aromatic heterocycles. The van der Waals surface area contributed by atoms with Crippen molar-refractivity contribution in [3.63, 3.8) is 0 Å². The molecule has 0 heterocycles. The fraction of sp³-hybridized carbons (Fsp3) is 0.538. The Morgan fingerprint density at radius 3 is 2.29 bits per heavy atom. The minimum Gasteiger partial charge on any atom is -0.493 e. The van der Waals surface area contributed by atoms with E-state index in [2.05, 4.69) is 0 Å². The molecule has 1 fully saturated rings. The number of methoxy groups -OCH3 is 2. The van der Waals surface area contributed by atoms with E-state index in [1.54, 1.807) is 0 Å². The summed E-state index contributed by atoms with van der Waals surface area (Å²) in [6.07, 6.45) is 0.180. The summed E-state index contributed by atoms with van der Waals surface area (Å²) in [6, 6.07) is 2.77. The van der Waals surface area contributed by atoms with E-state index in [-0.39, 0.29) is 11.5 Å². The predicted molar refractivity (Wildman–Crippen MR) is 61.7 cm³/mol. The molecule has 3 unspecified atom stereocenters. The fourth-order valence-electron chi connectivity index (χ4n) is 2.12. The first-order chi connectivity index (χ1) is 8.08. The van der Waals surface area contributed by atoms with E-state index in [4.69, 9.17) is 9.47 Å². The highest BCUT2D eigenvalue weighted by molar-refractivity contribution is 5.44. The number of aliphatic hydroxyl groups is 1. The van der Waals surface area contributed by atoms with Crippen LogP contribution < -0.4 is 9.47 Å². The van der Waals surface area contributed by atoms with Crippen LogP contribution in [0, 0.1) is 17.7 Å². The molecule has 94 valence electrons. The van der Waals surface area contributed by atoms with E-state index in [1.807, 2.05) is 6.92 Å². The summed E-state index contributed by atoms with van der Waals surface area (Å²) < 4.78 is 23.9. The minimum absolute atomic E-state index is 0.155. The molecule has 4 heteroatoms. The van der Waals surface area contributed by atoms with Crippen molar-refractivity contribution < 1.29 is 19.0 Å². The maximum absolute atomic E-state index is 13.8. The van der Waals surface area contributed by atoms with Crippen LogP contribution in [-0.2, 0) is 0 Å². The number of halogens is 1. The maximum Gasteiger partial charge on any atom is 0.163 e. The average molecular weight is 240 g/mol. The van der Waals surface area contributed by atoms with Crippen LogP contribution in [0.5, 0.6) is 11.5 Å². The Balaban J connectivity index is 2.33. The Kier molecular flexibility index (Phi) is 3.24. The van der Waals surface area contributed by atoms with Gasteiger partial charge < -0.3 is 14.6 Å². The third-order valence-corrected chi connectivity index (χ3v) is 3.40. The average Bonchev–Trinajstić information content (AvgIpc) is 3.05. The van der Waals surface area contributed by atoms with Crippen LogP contribution in [-0.4, -0.2) is 19.3 Å². The number of aliphatic hydroxyl groups excluding tert-OH is 1. The highest BCUT2D eigenvalue weighted by Gasteiger charge is 2.40. The van der Waals surface area contributed by atoms with Gasteiger partial charge in [-0.3, -0.25) is 0 Å². The molecule has 0 aliphatic heterocycles. The van der Waals surface area contributed by atoms with E-state index in [9.17, 15) is 9.50 Å². The van der Waals surface area contributed by atoms with Gasteiger partial charge in [0.2, 0.25) is 0 Å². The van der Waals surface area contributed by atoms with E-state index >= 15 is 0 Å². The Morgan fingerprint density at radius 1 is 1.29 bits per heavy atom. The maximum atomic E-state index is 13.8. The smallest absolute Gasteiger partial charge is 0.163 e. The Morgan fingerprint density at radius 2 is 1.82 bits per heavy atom. The molecule has 0 radical (unpaired) electrons. The lowest BCUT2D eigenvalue weighted by molar-refractivity contribution is 0.143. The number of hydrogen-bond donors (Lipinski definition) is 1. The summed E-state index contributed by atoms with van der Waals surface area (Å²) in [6.45, 7) is 2.05. The van der Waals surface area contributed by atoms with E-state index in [0.717, 1.165) is 6.42 Å². The van der Waals surface area contributed by atoms with E-state index in [0.29, 0.717) is 17.4 Å². The Labute approximate surface area is 100 Å². The van der Waals surface area contributed by atoms with Crippen LogP contribution in [0.4, 0.5) is 4.39 Å². The first kappa shape index (κ1) is 12.2. The zero-order valence-corrected chi connectivity index (χ0v) is 10.2. The Hall–Kier alpha value is -1.29. The van der Waals surface area contributed by atoms with Crippen molar-refractivity contribution in [2.45, 2.75) is 19.4 Å². The fourth-order valence-corrected chi connectivity index (χ4v) is 2.12. The van der Waals surface area contributed by atoms with Crippen molar-refractivity contribution in [2.75, 3.05) is 14.2 Å². The highest BCUT2D eigenvalue weighted by Crippen LogP contribution is 2.48. The molecule has 0 saturated heterocycles. The molecule has 2 rings (SSSR count). The van der Waals surface area contributed by atoms with Gasteiger partial charge in [0.15, 0.2) is 11.5 Å². The predicted octanol–water partition coefficient (Wildman–Crippen LogP) is 2.53. The van der Waals surface area contributed by atoms with Crippen molar-refractivity contribution >= 4 is 0 Å². The van der Waals surface area contributed by atoms with Crippen molar-refractivity contribution in [3.8, 4) is 11.5 Å². The normalized spacial score (nSPS) is 24.3. The molecule has 3 nitrogen and oxygen atoms in total. The van der Waals surface area contributed by atoms with Gasteiger partial charge in [-0.25, -0.2) is 4.39 Å². The summed E-state index contributed by atoms with van der Waals surface area (Å²) in [7, 11) is 2.95. The lowest BCUT2D eigenvalue weighted by Gasteiger charge is -2.15. The third-order valence-electron chi connectivity index (χ3n) is 3.40. The van der Waals surface area contributed by atoms with Crippen LogP contribution in [0.2, 0.25) is 0 Å². The van der Waals surface area contributed by atoms with Crippen LogP contribution in [0.25, 0.3) is 0 Å². The number of benzene rings is 1. The second-order valence-corrected chi connectivity index (χ2v) is 4.55. The second-order valence-electron chi connectivity index (χ2n) is 4.55. The van der Waals surface area contributed by atoms with Crippen molar-refractivity contribution in [3.05, 3.63) is 23.5 Å². The largest absolute Gasteiger partial charge is 0.493 e. The molecule has 3 atom stereocenters. The van der Waals surface area contributed by atoms with Gasteiger partial charge in [0.1, 0.15) is 5.82 Å². The van der Waals surface area contributed by atoms with Gasteiger partial charge in [0.25, 0.3) is 0 Å². The number of hydrogen-bond acceptors (Lipinski definition) is 3. The molecule has 1 aromatic carbocycles. The summed E-state index contributed by atoms with van der Waals surface area (Å²) in [5, 5.41) is 10.1. The van der Waals surface area contributed by atoms with Crippen LogP contribution in [0.3, 0.4) is 0 Å². The lowest BCUT2D eigenvalue weighted by atomic mass is 10.0. The van der Waals surface area contributed by atoms with Gasteiger partial charge in [-0.15, -0.1) is 0 Å². The summed E-state index contributed by atoms with van der Waals surface area (Å²) in [5.74, 6) is 0.940. The molecule has 0 bridgehead atoms. The van der Waals surface area contributed by atoms with Gasteiger partial charge in [-0.2, -0.15) is 0 Å². The molecule has 17 heavy (non-hydrogen) atoms. The SMILES string of the molecule is COc1cc(F)c(C(O)C2CC2C)cc1OC. The molecule has 1 aliphatic rings. The van der Waals surface area contributed by atoms with Crippen molar-refractivity contribution in [1.82, 2.24) is 0 Å². The highest BCUT2D eigenvalue weighted by atomic mass is 19.1. The summed E-state index contributed by atoms with van der Waals surface area (Å²) in [5.41, 5.74) is 0.289. The van der Waals surface area contributed by atoms with Gasteiger partial charge >= 0.3 is 0 Å². The molecule has 1 aliphatic carbocycles. The van der Waals surface area contributed by atoms with Crippen LogP contribution in [0.15, 0.2) is 12.1 Å². The van der Waals surface area contributed by atoms with Crippen molar-refractivity contribution in [2.24, 2.45) is 11.8 Å². The molecule has 0 spiro atoms. The standard InChI is InChI=1S/C13H17FO3/c1-7-4-8(7)13(15)9-5-11(16-2)12(17-3)6-10(9)14/h5-8,13,15H,4H2,1-3H3. The third kappa shape index (κ3) is 2.22. The topological polar surface area (TPSA) is 38.7 Å². The van der Waals surface area contributed by atoms with Crippen LogP contribution >= 0.6 is 0 Å². The quantitative estimate of drug-likeness (QED) is 0.879. The lowest BCUT2D eigenvalue weighted by Crippen LogP contribution is -2.05. The van der Waals surface area contributed by atoms with Crippen LogP contribution in [0.1, 0.15) is 25.0 Å². The summed E-state index contributed by atoms with van der Waals surface area (Å²) in [4.78, 5) is 0. The first-order valence-electron chi connectivity index (χ1n) is 5.68. The molecule has 1 saturated carbocycles. The zero-order valence-electron chi connectivity index (χ0n) is 10.2. The number of ether oxygens (including phenoxy) is 2. The summed E-state index contributed by atoms with van der Waals surface area (Å²) >= 11 is 0. The second kappa shape index (κ2) is 4.53. The minimum atomic E-state index is -0.759. The van der Waals surface area contributed by atoms with E-state index in [1.165, 1.54) is 26.4 Å². The van der Waals surface area contributed by atoms with Gasteiger partial charge in [0.05, 0.1) is 20.3 Å². The Bertz CT molecular complexity index is 419. The molecule has 1 aromatic rings. The molecular formula is C13H17FO3. The molecule has 0 amide bonds. The zero-order chi connectivity index (χ0) is 12.6.